The summed E-state index contributed by atoms with van der Waals surface area (Å²) in [5.41, 5.74) is -0.552. The molecule has 1 aliphatic heterocycles. The van der Waals surface area contributed by atoms with E-state index in [-0.39, 0.29) is 17.9 Å². The van der Waals surface area contributed by atoms with Crippen LogP contribution in [-0.4, -0.2) is 74.2 Å². The van der Waals surface area contributed by atoms with Gasteiger partial charge in [-0.15, -0.1) is 0 Å². The van der Waals surface area contributed by atoms with Gasteiger partial charge in [0.2, 0.25) is 0 Å². The van der Waals surface area contributed by atoms with E-state index in [1.165, 1.54) is 0 Å². The first-order chi connectivity index (χ1) is 10.5. The number of carbonyl (C=O) groups excluding carboxylic acids is 1. The average Bonchev–Trinajstić information content (AvgIpc) is 2.36. The van der Waals surface area contributed by atoms with Crippen LogP contribution in [0.3, 0.4) is 0 Å². The number of alkyl carbamates (subject to hydrolysis) is 1. The molecular weight excluding hydrogens is 324 g/mol. The lowest BCUT2D eigenvalue weighted by atomic mass is 10.0. The number of piperidine rings is 1. The maximum Gasteiger partial charge on any atom is 0.407 e. The summed E-state index contributed by atoms with van der Waals surface area (Å²) < 4.78 is 40.9. The molecular formula is C14H28N2O6S. The van der Waals surface area contributed by atoms with Crippen molar-refractivity contribution in [3.8, 4) is 0 Å². The van der Waals surface area contributed by atoms with Gasteiger partial charge in [0, 0.05) is 20.2 Å². The van der Waals surface area contributed by atoms with Gasteiger partial charge in [-0.25, -0.2) is 4.79 Å². The molecule has 1 saturated heterocycles. The van der Waals surface area contributed by atoms with Crippen LogP contribution in [-0.2, 0) is 19.6 Å². The zero-order valence-electron chi connectivity index (χ0n) is 14.2. The molecule has 2 N–H and O–H groups in total. The summed E-state index contributed by atoms with van der Waals surface area (Å²) in [4.78, 5) is 13.9. The molecule has 8 nitrogen and oxygen atoms in total. The Kier molecular flexibility index (Phi) is 7.25. The summed E-state index contributed by atoms with van der Waals surface area (Å²) in [6, 6.07) is -0.146. The Hall–Kier alpha value is -0.900. The van der Waals surface area contributed by atoms with E-state index in [1.54, 1.807) is 27.9 Å². The molecule has 1 aliphatic rings. The number of methoxy groups -OCH3 is 1. The van der Waals surface area contributed by atoms with Gasteiger partial charge in [0.1, 0.15) is 5.60 Å². The van der Waals surface area contributed by atoms with Crippen LogP contribution in [0.25, 0.3) is 0 Å². The number of amides is 1. The van der Waals surface area contributed by atoms with Crippen molar-refractivity contribution in [2.24, 2.45) is 0 Å². The second-order valence-corrected chi connectivity index (χ2v) is 8.33. The third-order valence-corrected chi connectivity index (χ3v) is 4.33. The zero-order chi connectivity index (χ0) is 17.7. The highest BCUT2D eigenvalue weighted by Gasteiger charge is 2.31. The summed E-state index contributed by atoms with van der Waals surface area (Å²) in [7, 11) is -2.34. The van der Waals surface area contributed by atoms with E-state index < -0.39 is 21.8 Å². The van der Waals surface area contributed by atoms with Crippen molar-refractivity contribution in [2.75, 3.05) is 32.5 Å². The van der Waals surface area contributed by atoms with Crippen molar-refractivity contribution in [1.82, 2.24) is 10.2 Å². The molecule has 1 fully saturated rings. The molecule has 0 bridgehead atoms. The first kappa shape index (κ1) is 20.1. The molecule has 2 atom stereocenters. The molecule has 0 aromatic heterocycles. The zero-order valence-corrected chi connectivity index (χ0v) is 15.1. The molecule has 1 amide bonds. The largest absolute Gasteiger partial charge is 0.444 e. The predicted octanol–water partition coefficient (Wildman–Crippen LogP) is 0.878. The standard InChI is InChI=1S/C14H28N2O6S/c1-14(2,3)22-13(17)15-11-6-8-16(10-12(11)21-4)7-5-9-23(18,19)20/h11-12H,5-10H2,1-4H3,(H,15,17)(H,18,19,20). The van der Waals surface area contributed by atoms with Gasteiger partial charge in [-0.05, 0) is 40.2 Å². The molecule has 0 spiro atoms. The van der Waals surface area contributed by atoms with Gasteiger partial charge in [-0.1, -0.05) is 0 Å². The van der Waals surface area contributed by atoms with E-state index in [0.29, 0.717) is 32.5 Å². The maximum atomic E-state index is 11.9. The highest BCUT2D eigenvalue weighted by atomic mass is 32.2. The summed E-state index contributed by atoms with van der Waals surface area (Å²) in [6.07, 6.45) is 0.384. The van der Waals surface area contributed by atoms with Gasteiger partial charge in [0.25, 0.3) is 10.1 Å². The quantitative estimate of drug-likeness (QED) is 0.684. The fraction of sp³-hybridized carbons (Fsp3) is 0.929. The monoisotopic (exact) mass is 352 g/mol. The van der Waals surface area contributed by atoms with Gasteiger partial charge < -0.3 is 19.7 Å². The highest BCUT2D eigenvalue weighted by Crippen LogP contribution is 2.15. The van der Waals surface area contributed by atoms with E-state index >= 15 is 0 Å². The number of ether oxygens (including phenoxy) is 2. The first-order valence-electron chi connectivity index (χ1n) is 7.70. The van der Waals surface area contributed by atoms with Crippen LogP contribution in [0.1, 0.15) is 33.6 Å². The van der Waals surface area contributed by atoms with E-state index in [1.807, 2.05) is 0 Å². The summed E-state index contributed by atoms with van der Waals surface area (Å²) >= 11 is 0. The number of hydrogen-bond acceptors (Lipinski definition) is 6. The highest BCUT2D eigenvalue weighted by molar-refractivity contribution is 7.85. The number of nitrogens with zero attached hydrogens (tertiary/aromatic N) is 1. The smallest absolute Gasteiger partial charge is 0.407 e. The lowest BCUT2D eigenvalue weighted by molar-refractivity contribution is -0.00229. The number of hydrogen-bond donors (Lipinski definition) is 2. The molecule has 0 radical (unpaired) electrons. The van der Waals surface area contributed by atoms with Crippen molar-refractivity contribution in [3.05, 3.63) is 0 Å². The van der Waals surface area contributed by atoms with Crippen LogP contribution in [0.15, 0.2) is 0 Å². The molecule has 136 valence electrons. The molecule has 9 heteroatoms. The molecule has 2 unspecified atom stereocenters. The first-order valence-corrected chi connectivity index (χ1v) is 9.31. The minimum atomic E-state index is -3.92. The van der Waals surface area contributed by atoms with Crippen LogP contribution in [0.2, 0.25) is 0 Å². The number of carbonyl (C=O) groups is 1. The van der Waals surface area contributed by atoms with E-state index in [9.17, 15) is 13.2 Å². The average molecular weight is 352 g/mol. The third-order valence-electron chi connectivity index (χ3n) is 3.52. The lowest BCUT2D eigenvalue weighted by Crippen LogP contribution is -2.55. The molecule has 1 heterocycles. The van der Waals surface area contributed by atoms with Crippen LogP contribution >= 0.6 is 0 Å². The summed E-state index contributed by atoms with van der Waals surface area (Å²) in [5, 5.41) is 2.83. The summed E-state index contributed by atoms with van der Waals surface area (Å²) in [6.45, 7) is 7.27. The van der Waals surface area contributed by atoms with Gasteiger partial charge in [-0.2, -0.15) is 8.42 Å². The number of likely N-dealkylation sites (tertiary alicyclic amines) is 1. The SMILES string of the molecule is COC1CN(CCCS(=O)(=O)O)CCC1NC(=O)OC(C)(C)C. The Balaban J connectivity index is 2.44. The molecule has 0 saturated carbocycles. The Labute approximate surface area is 138 Å². The van der Waals surface area contributed by atoms with Gasteiger partial charge in [0.05, 0.1) is 17.9 Å². The van der Waals surface area contributed by atoms with E-state index in [0.717, 1.165) is 0 Å². The third kappa shape index (κ3) is 8.50. The fourth-order valence-electron chi connectivity index (χ4n) is 2.52. The molecule has 0 aliphatic carbocycles. The van der Waals surface area contributed by atoms with Gasteiger partial charge >= 0.3 is 6.09 Å². The number of nitrogens with one attached hydrogen (secondary N) is 1. The minimum absolute atomic E-state index is 0.146. The Bertz CT molecular complexity index is 488. The molecule has 0 aromatic rings. The van der Waals surface area contributed by atoms with Crippen molar-refractivity contribution >= 4 is 16.2 Å². The maximum absolute atomic E-state index is 11.9. The second-order valence-electron chi connectivity index (χ2n) is 6.76. The van der Waals surface area contributed by atoms with Crippen molar-refractivity contribution in [3.63, 3.8) is 0 Å². The topological polar surface area (TPSA) is 105 Å². The number of rotatable bonds is 6. The summed E-state index contributed by atoms with van der Waals surface area (Å²) in [5.74, 6) is -0.249. The van der Waals surface area contributed by atoms with Crippen LogP contribution in [0, 0.1) is 0 Å². The predicted molar refractivity (Wildman–Crippen MR) is 86.0 cm³/mol. The molecule has 1 rings (SSSR count). The van der Waals surface area contributed by atoms with E-state index in [4.69, 9.17) is 14.0 Å². The minimum Gasteiger partial charge on any atom is -0.444 e. The van der Waals surface area contributed by atoms with E-state index in [2.05, 4.69) is 10.2 Å². The fourth-order valence-corrected chi connectivity index (χ4v) is 3.01. The van der Waals surface area contributed by atoms with Gasteiger partial charge in [-0.3, -0.25) is 4.55 Å². The lowest BCUT2D eigenvalue weighted by Gasteiger charge is -2.38. The van der Waals surface area contributed by atoms with Crippen LogP contribution < -0.4 is 5.32 Å². The van der Waals surface area contributed by atoms with Crippen molar-refractivity contribution in [2.45, 2.75) is 51.4 Å². The van der Waals surface area contributed by atoms with Crippen LogP contribution in [0.5, 0.6) is 0 Å². The Morgan fingerprint density at radius 3 is 2.57 bits per heavy atom. The Morgan fingerprint density at radius 2 is 2.04 bits per heavy atom. The van der Waals surface area contributed by atoms with Gasteiger partial charge in [0.15, 0.2) is 0 Å². The molecule has 23 heavy (non-hydrogen) atoms. The van der Waals surface area contributed by atoms with Crippen molar-refractivity contribution < 1.29 is 27.2 Å². The molecule has 0 aromatic carbocycles. The Morgan fingerprint density at radius 1 is 1.39 bits per heavy atom. The normalized spacial score (nSPS) is 23.5. The van der Waals surface area contributed by atoms with Crippen LogP contribution in [0.4, 0.5) is 4.79 Å². The van der Waals surface area contributed by atoms with Crippen molar-refractivity contribution in [1.29, 1.82) is 0 Å². The second kappa shape index (κ2) is 8.27.